The lowest BCUT2D eigenvalue weighted by atomic mass is 10.1. The molecule has 21 heavy (non-hydrogen) atoms. The molecule has 0 aliphatic rings. The maximum absolute atomic E-state index is 13.5. The minimum Gasteiger partial charge on any atom is -0.493 e. The van der Waals surface area contributed by atoms with Crippen LogP contribution in [0, 0.1) is 5.82 Å². The average Bonchev–Trinajstić information content (AvgIpc) is 2.47. The Bertz CT molecular complexity index is 385. The fourth-order valence-electron chi connectivity index (χ4n) is 2.11. The highest BCUT2D eigenvalue weighted by atomic mass is 19.1. The zero-order valence-corrected chi connectivity index (χ0v) is 13.3. The number of methoxy groups -OCH3 is 1. The first-order valence-electron chi connectivity index (χ1n) is 7.88. The maximum atomic E-state index is 13.5. The SMILES string of the molecule is CCCCCCCOc1cc(F)cc(CNCCOC)c1. The Morgan fingerprint density at radius 2 is 1.86 bits per heavy atom. The van der Waals surface area contributed by atoms with E-state index in [1.54, 1.807) is 7.11 Å². The number of halogens is 1. The molecule has 0 unspecified atom stereocenters. The van der Waals surface area contributed by atoms with Gasteiger partial charge in [0.1, 0.15) is 11.6 Å². The van der Waals surface area contributed by atoms with Gasteiger partial charge in [-0.15, -0.1) is 0 Å². The largest absolute Gasteiger partial charge is 0.493 e. The average molecular weight is 297 g/mol. The monoisotopic (exact) mass is 297 g/mol. The van der Waals surface area contributed by atoms with Crippen molar-refractivity contribution in [2.75, 3.05) is 26.9 Å². The zero-order valence-electron chi connectivity index (χ0n) is 13.3. The van der Waals surface area contributed by atoms with Crippen LogP contribution in [0.3, 0.4) is 0 Å². The van der Waals surface area contributed by atoms with Gasteiger partial charge in [0.25, 0.3) is 0 Å². The van der Waals surface area contributed by atoms with E-state index in [1.165, 1.54) is 37.8 Å². The second-order valence-corrected chi connectivity index (χ2v) is 5.23. The fourth-order valence-corrected chi connectivity index (χ4v) is 2.11. The van der Waals surface area contributed by atoms with Gasteiger partial charge in [0, 0.05) is 26.3 Å². The van der Waals surface area contributed by atoms with Crippen LogP contribution in [-0.4, -0.2) is 26.9 Å². The smallest absolute Gasteiger partial charge is 0.127 e. The van der Waals surface area contributed by atoms with Crippen LogP contribution in [0.5, 0.6) is 5.75 Å². The van der Waals surface area contributed by atoms with Crippen molar-refractivity contribution in [3.63, 3.8) is 0 Å². The fraction of sp³-hybridized carbons (Fsp3) is 0.647. The van der Waals surface area contributed by atoms with Gasteiger partial charge in [0.05, 0.1) is 13.2 Å². The van der Waals surface area contributed by atoms with Crippen LogP contribution < -0.4 is 10.1 Å². The first-order chi connectivity index (χ1) is 10.3. The van der Waals surface area contributed by atoms with E-state index in [4.69, 9.17) is 9.47 Å². The third-order valence-electron chi connectivity index (χ3n) is 3.26. The van der Waals surface area contributed by atoms with Gasteiger partial charge in [-0.25, -0.2) is 4.39 Å². The van der Waals surface area contributed by atoms with Gasteiger partial charge in [-0.3, -0.25) is 0 Å². The van der Waals surface area contributed by atoms with Crippen molar-refractivity contribution < 1.29 is 13.9 Å². The summed E-state index contributed by atoms with van der Waals surface area (Å²) in [5.41, 5.74) is 0.895. The molecule has 3 nitrogen and oxygen atoms in total. The van der Waals surface area contributed by atoms with Crippen LogP contribution in [0.2, 0.25) is 0 Å². The van der Waals surface area contributed by atoms with Crippen molar-refractivity contribution in [1.82, 2.24) is 5.32 Å². The van der Waals surface area contributed by atoms with Crippen molar-refractivity contribution in [3.8, 4) is 5.75 Å². The van der Waals surface area contributed by atoms with E-state index >= 15 is 0 Å². The molecule has 0 radical (unpaired) electrons. The Morgan fingerprint density at radius 1 is 1.05 bits per heavy atom. The summed E-state index contributed by atoms with van der Waals surface area (Å²) in [5, 5.41) is 3.20. The summed E-state index contributed by atoms with van der Waals surface area (Å²) in [6, 6.07) is 4.88. The van der Waals surface area contributed by atoms with Crippen LogP contribution in [0.4, 0.5) is 4.39 Å². The molecular weight excluding hydrogens is 269 g/mol. The molecule has 1 aromatic carbocycles. The Labute approximate surface area is 127 Å². The normalized spacial score (nSPS) is 10.8. The maximum Gasteiger partial charge on any atom is 0.127 e. The number of rotatable bonds is 12. The lowest BCUT2D eigenvalue weighted by Gasteiger charge is -2.09. The predicted octanol–water partition coefficient (Wildman–Crippen LogP) is 3.91. The topological polar surface area (TPSA) is 30.5 Å². The Balaban J connectivity index is 2.31. The molecule has 0 fully saturated rings. The molecule has 4 heteroatoms. The van der Waals surface area contributed by atoms with Gasteiger partial charge < -0.3 is 14.8 Å². The van der Waals surface area contributed by atoms with Gasteiger partial charge in [-0.2, -0.15) is 0 Å². The molecule has 0 bridgehead atoms. The predicted molar refractivity (Wildman–Crippen MR) is 84.2 cm³/mol. The van der Waals surface area contributed by atoms with E-state index in [0.29, 0.717) is 25.5 Å². The lowest BCUT2D eigenvalue weighted by molar-refractivity contribution is 0.199. The van der Waals surface area contributed by atoms with Crippen LogP contribution in [0.15, 0.2) is 18.2 Å². The molecule has 120 valence electrons. The van der Waals surface area contributed by atoms with E-state index in [1.807, 2.05) is 6.07 Å². The van der Waals surface area contributed by atoms with Gasteiger partial charge in [-0.05, 0) is 24.1 Å². The number of hydrogen-bond acceptors (Lipinski definition) is 3. The van der Waals surface area contributed by atoms with E-state index < -0.39 is 0 Å². The molecule has 0 saturated carbocycles. The third-order valence-corrected chi connectivity index (χ3v) is 3.26. The van der Waals surface area contributed by atoms with Crippen molar-refractivity contribution in [1.29, 1.82) is 0 Å². The van der Waals surface area contributed by atoms with Crippen LogP contribution in [-0.2, 0) is 11.3 Å². The Kier molecular flexibility index (Phi) is 9.83. The van der Waals surface area contributed by atoms with E-state index in [-0.39, 0.29) is 5.82 Å². The van der Waals surface area contributed by atoms with Gasteiger partial charge in [0.15, 0.2) is 0 Å². The molecule has 0 spiro atoms. The van der Waals surface area contributed by atoms with Crippen LogP contribution in [0.25, 0.3) is 0 Å². The Hall–Kier alpha value is -1.13. The summed E-state index contributed by atoms with van der Waals surface area (Å²) in [6.45, 7) is 4.88. The summed E-state index contributed by atoms with van der Waals surface area (Å²) >= 11 is 0. The van der Waals surface area contributed by atoms with Crippen molar-refractivity contribution in [3.05, 3.63) is 29.6 Å². The standard InChI is InChI=1S/C17H28FNO2/c1-3-4-5-6-7-9-21-17-12-15(11-16(18)13-17)14-19-8-10-20-2/h11-13,19H,3-10,14H2,1-2H3. The second kappa shape index (κ2) is 11.5. The second-order valence-electron chi connectivity index (χ2n) is 5.23. The Morgan fingerprint density at radius 3 is 2.62 bits per heavy atom. The summed E-state index contributed by atoms with van der Waals surface area (Å²) in [5.74, 6) is 0.371. The summed E-state index contributed by atoms with van der Waals surface area (Å²) in [4.78, 5) is 0. The van der Waals surface area contributed by atoms with Crippen LogP contribution >= 0.6 is 0 Å². The van der Waals surface area contributed by atoms with Crippen molar-refractivity contribution >= 4 is 0 Å². The third kappa shape index (κ3) is 8.68. The van der Waals surface area contributed by atoms with Gasteiger partial charge in [0.2, 0.25) is 0 Å². The number of nitrogens with one attached hydrogen (secondary N) is 1. The molecule has 1 aromatic rings. The molecule has 0 aliphatic carbocycles. The molecular formula is C17H28FNO2. The lowest BCUT2D eigenvalue weighted by Crippen LogP contribution is -2.18. The van der Waals surface area contributed by atoms with E-state index in [9.17, 15) is 4.39 Å². The molecule has 0 heterocycles. The summed E-state index contributed by atoms with van der Waals surface area (Å²) in [6.07, 6.45) is 5.96. The minimum absolute atomic E-state index is 0.248. The zero-order chi connectivity index (χ0) is 15.3. The quantitative estimate of drug-likeness (QED) is 0.593. The van der Waals surface area contributed by atoms with Crippen molar-refractivity contribution in [2.24, 2.45) is 0 Å². The molecule has 1 N–H and O–H groups in total. The minimum atomic E-state index is -0.248. The highest BCUT2D eigenvalue weighted by Gasteiger charge is 2.02. The molecule has 0 atom stereocenters. The number of unbranched alkanes of at least 4 members (excludes halogenated alkanes) is 4. The first kappa shape index (κ1) is 17.9. The molecule has 0 saturated heterocycles. The molecule has 0 aliphatic heterocycles. The summed E-state index contributed by atoms with van der Waals surface area (Å²) in [7, 11) is 1.66. The van der Waals surface area contributed by atoms with E-state index in [2.05, 4.69) is 12.2 Å². The number of hydrogen-bond donors (Lipinski definition) is 1. The highest BCUT2D eigenvalue weighted by Crippen LogP contribution is 2.17. The summed E-state index contributed by atoms with van der Waals surface area (Å²) < 4.78 is 24.1. The van der Waals surface area contributed by atoms with Crippen LogP contribution in [0.1, 0.15) is 44.6 Å². The molecule has 0 aromatic heterocycles. The first-order valence-corrected chi connectivity index (χ1v) is 7.88. The van der Waals surface area contributed by atoms with Crippen molar-refractivity contribution in [2.45, 2.75) is 45.6 Å². The number of ether oxygens (including phenoxy) is 2. The van der Waals surface area contributed by atoms with Gasteiger partial charge >= 0.3 is 0 Å². The number of benzene rings is 1. The molecule has 1 rings (SSSR count). The van der Waals surface area contributed by atoms with Gasteiger partial charge in [-0.1, -0.05) is 32.6 Å². The molecule has 0 amide bonds. The highest BCUT2D eigenvalue weighted by molar-refractivity contribution is 5.29. The van der Waals surface area contributed by atoms with E-state index in [0.717, 1.165) is 18.5 Å².